The lowest BCUT2D eigenvalue weighted by atomic mass is 9.92. The molecule has 0 aliphatic rings. The first-order valence-corrected chi connectivity index (χ1v) is 8.63. The number of methoxy groups -OCH3 is 2. The molecule has 0 saturated carbocycles. The van der Waals surface area contributed by atoms with Gasteiger partial charge in [0.25, 0.3) is 0 Å². The van der Waals surface area contributed by atoms with Gasteiger partial charge in [0.15, 0.2) is 11.5 Å². The Morgan fingerprint density at radius 3 is 2.19 bits per heavy atom. The molecule has 1 N–H and O–H groups in total. The monoisotopic (exact) mass is 371 g/mol. The van der Waals surface area contributed by atoms with E-state index in [2.05, 4.69) is 30.8 Å². The summed E-state index contributed by atoms with van der Waals surface area (Å²) in [4.78, 5) is 22.7. The summed E-state index contributed by atoms with van der Waals surface area (Å²) in [7, 11) is 2.78. The van der Waals surface area contributed by atoms with E-state index < -0.39 is 11.9 Å². The topological polar surface area (TPSA) is 73.9 Å². The highest BCUT2D eigenvalue weighted by Crippen LogP contribution is 2.40. The zero-order valence-corrected chi connectivity index (χ0v) is 16.5. The van der Waals surface area contributed by atoms with Crippen molar-refractivity contribution in [1.29, 1.82) is 0 Å². The van der Waals surface area contributed by atoms with Gasteiger partial charge in [-0.05, 0) is 66.8 Å². The quantitative estimate of drug-likeness (QED) is 0.625. The summed E-state index contributed by atoms with van der Waals surface area (Å²) in [6.45, 7) is 8.38. The Labute approximate surface area is 159 Å². The first kappa shape index (κ1) is 20.3. The molecule has 6 nitrogen and oxygen atoms in total. The smallest absolute Gasteiger partial charge is 0.396 e. The molecule has 0 heterocycles. The minimum Gasteiger partial charge on any atom is -0.493 e. The van der Waals surface area contributed by atoms with Crippen LogP contribution >= 0.6 is 0 Å². The molecule has 0 atom stereocenters. The number of aryl methyl sites for hydroxylation is 1. The molecule has 0 aromatic heterocycles. The minimum absolute atomic E-state index is 0.380. The average Bonchev–Trinajstić information content (AvgIpc) is 2.62. The Morgan fingerprint density at radius 2 is 1.67 bits per heavy atom. The standard InChI is InChI=1S/C21H25NO5/c1-12(2)18-13(3)11-17(19(25-5)14(18)4)27-16-9-7-15(8-10-16)22-20(23)21(24)26-6/h7-12H,1-6H3,(H,22,23). The van der Waals surface area contributed by atoms with Crippen LogP contribution in [0.4, 0.5) is 5.69 Å². The fraction of sp³-hybridized carbons (Fsp3) is 0.333. The van der Waals surface area contributed by atoms with Gasteiger partial charge in [-0.1, -0.05) is 13.8 Å². The molecule has 0 unspecified atom stereocenters. The highest BCUT2D eigenvalue weighted by atomic mass is 16.5. The van der Waals surface area contributed by atoms with Gasteiger partial charge in [-0.2, -0.15) is 0 Å². The molecule has 2 rings (SSSR count). The third-order valence-corrected chi connectivity index (χ3v) is 4.23. The summed E-state index contributed by atoms with van der Waals surface area (Å²) in [6.07, 6.45) is 0. The minimum atomic E-state index is -0.948. The second-order valence-corrected chi connectivity index (χ2v) is 6.49. The second-order valence-electron chi connectivity index (χ2n) is 6.49. The second kappa shape index (κ2) is 8.58. The number of carbonyl (C=O) groups is 2. The van der Waals surface area contributed by atoms with Crippen molar-refractivity contribution in [1.82, 2.24) is 0 Å². The maximum atomic E-state index is 11.5. The van der Waals surface area contributed by atoms with E-state index in [9.17, 15) is 9.59 Å². The van der Waals surface area contributed by atoms with Gasteiger partial charge in [0.2, 0.25) is 0 Å². The zero-order chi connectivity index (χ0) is 20.1. The van der Waals surface area contributed by atoms with Gasteiger partial charge < -0.3 is 19.5 Å². The van der Waals surface area contributed by atoms with Crippen LogP contribution in [0.1, 0.15) is 36.5 Å². The highest BCUT2D eigenvalue weighted by molar-refractivity contribution is 6.37. The Hall–Kier alpha value is -3.02. The largest absolute Gasteiger partial charge is 0.493 e. The predicted molar refractivity (Wildman–Crippen MR) is 104 cm³/mol. The maximum absolute atomic E-state index is 11.5. The van der Waals surface area contributed by atoms with Crippen molar-refractivity contribution in [2.75, 3.05) is 19.5 Å². The van der Waals surface area contributed by atoms with E-state index in [0.717, 1.165) is 18.2 Å². The molecule has 0 bridgehead atoms. The third-order valence-electron chi connectivity index (χ3n) is 4.23. The van der Waals surface area contributed by atoms with Crippen LogP contribution in [0.3, 0.4) is 0 Å². The number of rotatable bonds is 5. The fourth-order valence-electron chi connectivity index (χ4n) is 3.17. The number of nitrogens with one attached hydrogen (secondary N) is 1. The van der Waals surface area contributed by atoms with Gasteiger partial charge in [0, 0.05) is 5.69 Å². The van der Waals surface area contributed by atoms with E-state index in [0.29, 0.717) is 28.9 Å². The molecular weight excluding hydrogens is 346 g/mol. The summed E-state index contributed by atoms with van der Waals surface area (Å²) >= 11 is 0. The summed E-state index contributed by atoms with van der Waals surface area (Å²) in [5, 5.41) is 2.45. The number of benzene rings is 2. The van der Waals surface area contributed by atoms with Crippen LogP contribution in [0.25, 0.3) is 0 Å². The number of hydrogen-bond donors (Lipinski definition) is 1. The molecule has 1 amide bonds. The lowest BCUT2D eigenvalue weighted by Crippen LogP contribution is -2.23. The number of ether oxygens (including phenoxy) is 3. The average molecular weight is 371 g/mol. The van der Waals surface area contributed by atoms with E-state index in [1.807, 2.05) is 13.0 Å². The summed E-state index contributed by atoms with van der Waals surface area (Å²) in [6, 6.07) is 8.66. The molecular formula is C21H25NO5. The summed E-state index contributed by atoms with van der Waals surface area (Å²) < 4.78 is 15.9. The van der Waals surface area contributed by atoms with Crippen molar-refractivity contribution in [3.05, 3.63) is 47.0 Å². The third kappa shape index (κ3) is 4.58. The Bertz CT molecular complexity index is 841. The number of hydrogen-bond acceptors (Lipinski definition) is 5. The molecule has 6 heteroatoms. The number of amides is 1. The summed E-state index contributed by atoms with van der Waals surface area (Å²) in [5.41, 5.74) is 3.91. The first-order chi connectivity index (χ1) is 12.8. The van der Waals surface area contributed by atoms with Crippen LogP contribution in [-0.4, -0.2) is 26.1 Å². The van der Waals surface area contributed by atoms with E-state index in [-0.39, 0.29) is 0 Å². The van der Waals surface area contributed by atoms with E-state index >= 15 is 0 Å². The van der Waals surface area contributed by atoms with Gasteiger partial charge in [0.05, 0.1) is 14.2 Å². The maximum Gasteiger partial charge on any atom is 0.396 e. The molecule has 0 saturated heterocycles. The highest BCUT2D eigenvalue weighted by Gasteiger charge is 2.18. The van der Waals surface area contributed by atoms with Crippen molar-refractivity contribution in [3.63, 3.8) is 0 Å². The lowest BCUT2D eigenvalue weighted by Gasteiger charge is -2.20. The van der Waals surface area contributed by atoms with Crippen LogP contribution in [0, 0.1) is 13.8 Å². The molecule has 0 fully saturated rings. The number of esters is 1. The van der Waals surface area contributed by atoms with E-state index in [1.165, 1.54) is 5.56 Å². The Kier molecular flexibility index (Phi) is 6.45. The van der Waals surface area contributed by atoms with Gasteiger partial charge >= 0.3 is 11.9 Å². The van der Waals surface area contributed by atoms with Crippen LogP contribution in [-0.2, 0) is 14.3 Å². The lowest BCUT2D eigenvalue weighted by molar-refractivity contribution is -0.150. The van der Waals surface area contributed by atoms with Gasteiger partial charge in [0.1, 0.15) is 5.75 Å². The van der Waals surface area contributed by atoms with Crippen molar-refractivity contribution < 1.29 is 23.8 Å². The van der Waals surface area contributed by atoms with Crippen LogP contribution in [0.5, 0.6) is 17.2 Å². The molecule has 144 valence electrons. The van der Waals surface area contributed by atoms with Gasteiger partial charge in [-0.15, -0.1) is 0 Å². The zero-order valence-electron chi connectivity index (χ0n) is 16.5. The van der Waals surface area contributed by atoms with Crippen LogP contribution < -0.4 is 14.8 Å². The molecule has 27 heavy (non-hydrogen) atoms. The SMILES string of the molecule is COC(=O)C(=O)Nc1ccc(Oc2cc(C)c(C(C)C)c(C)c2OC)cc1. The Balaban J connectivity index is 2.25. The normalized spacial score (nSPS) is 10.5. The molecule has 0 spiro atoms. The van der Waals surface area contributed by atoms with Crippen molar-refractivity contribution >= 4 is 17.6 Å². The van der Waals surface area contributed by atoms with E-state index in [4.69, 9.17) is 9.47 Å². The van der Waals surface area contributed by atoms with Crippen molar-refractivity contribution in [2.24, 2.45) is 0 Å². The van der Waals surface area contributed by atoms with Gasteiger partial charge in [-0.3, -0.25) is 4.79 Å². The van der Waals surface area contributed by atoms with Crippen molar-refractivity contribution in [3.8, 4) is 17.2 Å². The molecule has 0 aliphatic carbocycles. The van der Waals surface area contributed by atoms with Crippen LogP contribution in [0.2, 0.25) is 0 Å². The molecule has 0 aliphatic heterocycles. The Morgan fingerprint density at radius 1 is 1.04 bits per heavy atom. The summed E-state index contributed by atoms with van der Waals surface area (Å²) in [5.74, 6) is 0.515. The van der Waals surface area contributed by atoms with Crippen LogP contribution in [0.15, 0.2) is 30.3 Å². The van der Waals surface area contributed by atoms with Gasteiger partial charge in [-0.25, -0.2) is 4.79 Å². The van der Waals surface area contributed by atoms with E-state index in [1.54, 1.807) is 31.4 Å². The van der Waals surface area contributed by atoms with Crippen molar-refractivity contribution in [2.45, 2.75) is 33.6 Å². The molecule has 0 radical (unpaired) electrons. The first-order valence-electron chi connectivity index (χ1n) is 8.63. The molecule has 2 aromatic rings. The molecule has 2 aromatic carbocycles. The number of carbonyl (C=O) groups excluding carboxylic acids is 2. The predicted octanol–water partition coefficient (Wildman–Crippen LogP) is 4.34. The fourth-order valence-corrected chi connectivity index (χ4v) is 3.17. The number of anilines is 1.